The maximum atomic E-state index is 12.0. The van der Waals surface area contributed by atoms with Crippen LogP contribution in [0.3, 0.4) is 0 Å². The third-order valence-electron chi connectivity index (χ3n) is 3.26. The third kappa shape index (κ3) is 5.76. The van der Waals surface area contributed by atoms with E-state index >= 15 is 0 Å². The molecule has 0 fully saturated rings. The standard InChI is InChI=1S/C12H7Cl3N9O6S2/c13-8-16-3-17-11(20-8)24-23-5-2-1-4(18-12-21-9(14)19-10(15)22-12)6(31(25,26)27)7(5)32(28,29)30/h1-3,23H,(H,25,26,27)(H,28,29,30)(H,18,19,21,22). The molecule has 0 amide bonds. The molecule has 4 N–H and O–H groups in total. The number of anilines is 3. The van der Waals surface area contributed by atoms with Crippen LogP contribution in [0.5, 0.6) is 0 Å². The largest absolute Gasteiger partial charge is 0.323 e. The molecule has 0 aliphatic rings. The number of hydrogen-bond donors (Lipinski definition) is 4. The predicted molar refractivity (Wildman–Crippen MR) is 109 cm³/mol. The van der Waals surface area contributed by atoms with E-state index in [-0.39, 0.29) is 21.8 Å². The van der Waals surface area contributed by atoms with Crippen LogP contribution in [0.4, 0.5) is 23.3 Å². The van der Waals surface area contributed by atoms with Crippen LogP contribution in [-0.4, -0.2) is 55.8 Å². The van der Waals surface area contributed by atoms with E-state index in [1.54, 1.807) is 0 Å². The van der Waals surface area contributed by atoms with Crippen molar-refractivity contribution in [2.75, 3.05) is 10.7 Å². The fourth-order valence-electron chi connectivity index (χ4n) is 2.20. The molecule has 1 radical (unpaired) electrons. The summed E-state index contributed by atoms with van der Waals surface area (Å²) in [7, 11) is -10.6. The lowest BCUT2D eigenvalue weighted by Gasteiger charge is -2.16. The second kappa shape index (κ2) is 9.06. The van der Waals surface area contributed by atoms with Gasteiger partial charge in [-0.25, -0.2) is 4.98 Å². The van der Waals surface area contributed by atoms with Gasteiger partial charge in [0, 0.05) is 0 Å². The Morgan fingerprint density at radius 1 is 0.781 bits per heavy atom. The van der Waals surface area contributed by atoms with E-state index < -0.39 is 47.4 Å². The average Bonchev–Trinajstić information content (AvgIpc) is 2.64. The molecule has 0 bridgehead atoms. The number of nitrogens with zero attached hydrogens (tertiary/aromatic N) is 7. The molecule has 1 aromatic carbocycles. The average molecular weight is 544 g/mol. The van der Waals surface area contributed by atoms with Crippen LogP contribution in [0.2, 0.25) is 15.9 Å². The molecular weight excluding hydrogens is 537 g/mol. The third-order valence-corrected chi connectivity index (χ3v) is 5.79. The van der Waals surface area contributed by atoms with Gasteiger partial charge in [0.05, 0.1) is 11.4 Å². The van der Waals surface area contributed by atoms with E-state index in [1.807, 2.05) is 0 Å². The molecule has 2 heterocycles. The molecule has 0 saturated carbocycles. The van der Waals surface area contributed by atoms with E-state index in [0.717, 1.165) is 18.5 Å². The Balaban J connectivity index is 2.13. The SMILES string of the molecule is O=S(=O)(O)c1c(N[N]c2ncnc(Cl)n2)ccc(Nc2nc(Cl)nc(Cl)n2)c1S(=O)(=O)O. The highest BCUT2D eigenvalue weighted by Gasteiger charge is 2.32. The number of aromatic nitrogens is 6. The first-order valence-electron chi connectivity index (χ1n) is 7.62. The molecule has 0 aliphatic heterocycles. The predicted octanol–water partition coefficient (Wildman–Crippen LogP) is 1.52. The van der Waals surface area contributed by atoms with Crippen LogP contribution < -0.4 is 16.2 Å². The van der Waals surface area contributed by atoms with Gasteiger partial charge in [0.25, 0.3) is 26.2 Å². The van der Waals surface area contributed by atoms with Crippen molar-refractivity contribution in [3.63, 3.8) is 0 Å². The fraction of sp³-hybridized carbons (Fsp3) is 0. The quantitative estimate of drug-likeness (QED) is 0.245. The number of rotatable bonds is 7. The molecule has 20 heteroatoms. The summed E-state index contributed by atoms with van der Waals surface area (Å²) >= 11 is 16.9. The maximum absolute atomic E-state index is 12.0. The molecule has 32 heavy (non-hydrogen) atoms. The van der Waals surface area contributed by atoms with Crippen molar-refractivity contribution < 1.29 is 25.9 Å². The summed E-state index contributed by atoms with van der Waals surface area (Å²) < 4.78 is 67.5. The minimum Gasteiger partial charge on any atom is -0.323 e. The van der Waals surface area contributed by atoms with Crippen LogP contribution in [0.15, 0.2) is 28.3 Å². The smallest absolute Gasteiger partial charge is 0.298 e. The number of halogens is 3. The Morgan fingerprint density at radius 2 is 1.34 bits per heavy atom. The Hall–Kier alpha value is -2.67. The molecule has 2 aromatic heterocycles. The molecule has 0 unspecified atom stereocenters. The summed E-state index contributed by atoms with van der Waals surface area (Å²) in [5, 5.41) is 1.35. The summed E-state index contributed by atoms with van der Waals surface area (Å²) in [5.41, 5.74) is 4.67. The molecule has 0 saturated heterocycles. The molecule has 0 atom stereocenters. The van der Waals surface area contributed by atoms with Gasteiger partial charge in [-0.05, 0) is 46.9 Å². The topological polar surface area (TPSA) is 224 Å². The lowest BCUT2D eigenvalue weighted by Crippen LogP contribution is -2.18. The van der Waals surface area contributed by atoms with Crippen molar-refractivity contribution in [2.45, 2.75) is 9.79 Å². The van der Waals surface area contributed by atoms with Crippen molar-refractivity contribution in [3.8, 4) is 0 Å². The first-order valence-corrected chi connectivity index (χ1v) is 11.6. The van der Waals surface area contributed by atoms with Crippen molar-refractivity contribution in [1.82, 2.24) is 35.3 Å². The van der Waals surface area contributed by atoms with Crippen LogP contribution in [0.25, 0.3) is 0 Å². The second-order valence-electron chi connectivity index (χ2n) is 5.37. The van der Waals surface area contributed by atoms with Gasteiger partial charge in [0.1, 0.15) is 16.1 Å². The maximum Gasteiger partial charge on any atom is 0.298 e. The summed E-state index contributed by atoms with van der Waals surface area (Å²) in [6, 6.07) is 2.00. The van der Waals surface area contributed by atoms with Crippen LogP contribution in [0, 0.1) is 0 Å². The normalized spacial score (nSPS) is 11.8. The van der Waals surface area contributed by atoms with E-state index in [4.69, 9.17) is 34.8 Å². The Morgan fingerprint density at radius 3 is 1.91 bits per heavy atom. The first-order chi connectivity index (χ1) is 14.8. The van der Waals surface area contributed by atoms with Crippen LogP contribution >= 0.6 is 34.8 Å². The van der Waals surface area contributed by atoms with Gasteiger partial charge in [-0.3, -0.25) is 14.5 Å². The Bertz CT molecular complexity index is 1390. The Labute approximate surface area is 194 Å². The molecule has 3 rings (SSSR count). The van der Waals surface area contributed by atoms with Gasteiger partial charge >= 0.3 is 0 Å². The second-order valence-corrected chi connectivity index (χ2v) is 9.10. The number of nitrogens with one attached hydrogen (secondary N) is 2. The molecule has 0 spiro atoms. The fourth-order valence-corrected chi connectivity index (χ4v) is 4.79. The van der Waals surface area contributed by atoms with E-state index in [1.165, 1.54) is 0 Å². The first kappa shape index (κ1) is 24.0. The lowest BCUT2D eigenvalue weighted by atomic mass is 10.3. The zero-order valence-electron chi connectivity index (χ0n) is 14.8. The molecule has 15 nitrogen and oxygen atoms in total. The minimum atomic E-state index is -5.28. The summed E-state index contributed by atoms with van der Waals surface area (Å²) in [6.07, 6.45) is 1.00. The number of hydrogen-bond acceptors (Lipinski definition) is 12. The van der Waals surface area contributed by atoms with Gasteiger partial charge in [0.15, 0.2) is 0 Å². The minimum absolute atomic E-state index is 0.233. The molecule has 0 aliphatic carbocycles. The highest BCUT2D eigenvalue weighted by molar-refractivity contribution is 7.89. The van der Waals surface area contributed by atoms with Gasteiger partial charge < -0.3 is 5.32 Å². The van der Waals surface area contributed by atoms with E-state index in [0.29, 0.717) is 0 Å². The van der Waals surface area contributed by atoms with Crippen LogP contribution in [0.1, 0.15) is 0 Å². The van der Waals surface area contributed by atoms with Crippen molar-refractivity contribution in [3.05, 3.63) is 34.3 Å². The highest BCUT2D eigenvalue weighted by Crippen LogP contribution is 2.36. The van der Waals surface area contributed by atoms with E-state index in [2.05, 4.69) is 46.1 Å². The van der Waals surface area contributed by atoms with Crippen LogP contribution in [-0.2, 0) is 20.2 Å². The zero-order valence-corrected chi connectivity index (χ0v) is 18.7. The monoisotopic (exact) mass is 542 g/mol. The molecule has 169 valence electrons. The molecular formula is C12H7Cl3N9O6S2. The van der Waals surface area contributed by atoms with Crippen molar-refractivity contribution in [2.24, 2.45) is 0 Å². The van der Waals surface area contributed by atoms with E-state index in [9.17, 15) is 25.9 Å². The van der Waals surface area contributed by atoms with Crippen molar-refractivity contribution >= 4 is 78.3 Å². The van der Waals surface area contributed by atoms with Gasteiger partial charge in [-0.15, -0.1) is 5.43 Å². The summed E-state index contributed by atoms with van der Waals surface area (Å²) in [4.78, 5) is 19.0. The lowest BCUT2D eigenvalue weighted by molar-refractivity contribution is 0.467. The molecule has 3 aromatic rings. The van der Waals surface area contributed by atoms with Gasteiger partial charge in [-0.2, -0.15) is 41.8 Å². The summed E-state index contributed by atoms with van der Waals surface area (Å²) in [5.74, 6) is -0.706. The van der Waals surface area contributed by atoms with Crippen molar-refractivity contribution in [1.29, 1.82) is 0 Å². The van der Waals surface area contributed by atoms with Gasteiger partial charge in [0.2, 0.25) is 21.8 Å². The zero-order chi connectivity index (χ0) is 23.7. The number of benzene rings is 1. The van der Waals surface area contributed by atoms with Gasteiger partial charge in [-0.1, -0.05) is 0 Å². The highest BCUT2D eigenvalue weighted by atomic mass is 35.5. The summed E-state index contributed by atoms with van der Waals surface area (Å²) in [6.45, 7) is 0. The Kier molecular flexibility index (Phi) is 6.79.